The summed E-state index contributed by atoms with van der Waals surface area (Å²) in [6, 6.07) is 5.29. The smallest absolute Gasteiger partial charge is 0.259 e. The summed E-state index contributed by atoms with van der Waals surface area (Å²) in [6.45, 7) is 3.78. The summed E-state index contributed by atoms with van der Waals surface area (Å²) in [7, 11) is 3.10. The number of ether oxygens (including phenoxy) is 4. The van der Waals surface area contributed by atoms with E-state index in [4.69, 9.17) is 18.9 Å². The van der Waals surface area contributed by atoms with Gasteiger partial charge in [0, 0.05) is 26.2 Å². The van der Waals surface area contributed by atoms with Gasteiger partial charge in [0.15, 0.2) is 11.5 Å². The van der Waals surface area contributed by atoms with Gasteiger partial charge in [-0.15, -0.1) is 0 Å². The van der Waals surface area contributed by atoms with E-state index in [0.717, 1.165) is 0 Å². The van der Waals surface area contributed by atoms with Crippen LogP contribution in [0.2, 0.25) is 0 Å². The van der Waals surface area contributed by atoms with Crippen LogP contribution in [0.15, 0.2) is 23.8 Å². The number of morpholine rings is 2. The van der Waals surface area contributed by atoms with E-state index in [0.29, 0.717) is 69.7 Å². The van der Waals surface area contributed by atoms with Gasteiger partial charge in [-0.2, -0.15) is 0 Å². The minimum Gasteiger partial charge on any atom is -0.493 e. The van der Waals surface area contributed by atoms with Gasteiger partial charge in [0.2, 0.25) is 0 Å². The molecule has 0 unspecified atom stereocenters. The summed E-state index contributed by atoms with van der Waals surface area (Å²) < 4.78 is 21.2. The first-order valence-corrected chi connectivity index (χ1v) is 9.32. The van der Waals surface area contributed by atoms with Crippen LogP contribution in [-0.4, -0.2) is 88.4 Å². The van der Waals surface area contributed by atoms with Crippen molar-refractivity contribution in [2.75, 3.05) is 66.8 Å². The molecule has 152 valence electrons. The molecule has 2 fully saturated rings. The molecule has 2 aliphatic heterocycles. The Labute approximate surface area is 164 Å². The first-order valence-electron chi connectivity index (χ1n) is 9.32. The zero-order valence-corrected chi connectivity index (χ0v) is 16.3. The zero-order valence-electron chi connectivity index (χ0n) is 16.3. The Hall–Kier alpha value is -2.58. The fourth-order valence-corrected chi connectivity index (χ4v) is 3.20. The average molecular weight is 390 g/mol. The second kappa shape index (κ2) is 9.57. The highest BCUT2D eigenvalue weighted by Gasteiger charge is 2.29. The maximum Gasteiger partial charge on any atom is 0.259 e. The van der Waals surface area contributed by atoms with Crippen LogP contribution in [0.4, 0.5) is 0 Å². The van der Waals surface area contributed by atoms with Crippen molar-refractivity contribution < 1.29 is 28.5 Å². The first kappa shape index (κ1) is 20.2. The van der Waals surface area contributed by atoms with E-state index in [1.54, 1.807) is 48.3 Å². The van der Waals surface area contributed by atoms with Crippen molar-refractivity contribution in [2.45, 2.75) is 0 Å². The number of methoxy groups -OCH3 is 2. The number of hydrogen-bond donors (Lipinski definition) is 0. The van der Waals surface area contributed by atoms with Crippen LogP contribution < -0.4 is 9.47 Å². The molecule has 2 amide bonds. The molecular weight excluding hydrogens is 364 g/mol. The average Bonchev–Trinajstić information content (AvgIpc) is 2.77. The van der Waals surface area contributed by atoms with Crippen molar-refractivity contribution >= 4 is 17.9 Å². The standard InChI is InChI=1S/C20H26N2O6/c1-25-17-4-3-15(14-18(17)26-2)13-16(19(23)21-5-9-27-10-6-21)20(24)22-7-11-28-12-8-22/h3-4,13-14H,5-12H2,1-2H3. The second-order valence-electron chi connectivity index (χ2n) is 6.48. The minimum absolute atomic E-state index is 0.135. The van der Waals surface area contributed by atoms with Gasteiger partial charge in [-0.3, -0.25) is 9.59 Å². The molecule has 8 nitrogen and oxygen atoms in total. The van der Waals surface area contributed by atoms with Crippen molar-refractivity contribution in [3.05, 3.63) is 29.3 Å². The van der Waals surface area contributed by atoms with Crippen molar-refractivity contribution in [3.63, 3.8) is 0 Å². The number of carbonyl (C=O) groups is 2. The van der Waals surface area contributed by atoms with Crippen molar-refractivity contribution in [3.8, 4) is 11.5 Å². The maximum atomic E-state index is 13.1. The van der Waals surface area contributed by atoms with E-state index in [9.17, 15) is 9.59 Å². The summed E-state index contributed by atoms with van der Waals surface area (Å²) in [4.78, 5) is 29.6. The Morgan fingerprint density at radius 1 is 0.857 bits per heavy atom. The van der Waals surface area contributed by atoms with Gasteiger partial charge in [-0.25, -0.2) is 0 Å². The number of carbonyl (C=O) groups excluding carboxylic acids is 2. The second-order valence-corrected chi connectivity index (χ2v) is 6.48. The molecule has 3 rings (SSSR count). The predicted octanol–water partition coefficient (Wildman–Crippen LogP) is 0.805. The normalized spacial score (nSPS) is 17.1. The van der Waals surface area contributed by atoms with Crippen LogP contribution in [0.3, 0.4) is 0 Å². The quantitative estimate of drug-likeness (QED) is 0.421. The minimum atomic E-state index is -0.283. The maximum absolute atomic E-state index is 13.1. The Morgan fingerprint density at radius 2 is 1.36 bits per heavy atom. The van der Waals surface area contributed by atoms with Gasteiger partial charge in [-0.1, -0.05) is 6.07 Å². The highest BCUT2D eigenvalue weighted by atomic mass is 16.5. The lowest BCUT2D eigenvalue weighted by atomic mass is 10.1. The summed E-state index contributed by atoms with van der Waals surface area (Å²) in [5, 5.41) is 0. The van der Waals surface area contributed by atoms with Crippen LogP contribution >= 0.6 is 0 Å². The highest BCUT2D eigenvalue weighted by molar-refractivity contribution is 6.21. The molecular formula is C20H26N2O6. The van der Waals surface area contributed by atoms with E-state index in [1.165, 1.54) is 0 Å². The van der Waals surface area contributed by atoms with E-state index in [-0.39, 0.29) is 17.4 Å². The van der Waals surface area contributed by atoms with Crippen molar-refractivity contribution in [1.29, 1.82) is 0 Å². The highest BCUT2D eigenvalue weighted by Crippen LogP contribution is 2.29. The molecule has 0 N–H and O–H groups in total. The molecule has 1 aromatic carbocycles. The van der Waals surface area contributed by atoms with Gasteiger partial charge in [0.05, 0.1) is 40.6 Å². The van der Waals surface area contributed by atoms with Crippen LogP contribution in [0, 0.1) is 0 Å². The number of benzene rings is 1. The molecule has 0 aromatic heterocycles. The molecule has 28 heavy (non-hydrogen) atoms. The predicted molar refractivity (Wildman–Crippen MR) is 102 cm³/mol. The van der Waals surface area contributed by atoms with Gasteiger partial charge < -0.3 is 28.7 Å². The van der Waals surface area contributed by atoms with E-state index >= 15 is 0 Å². The Morgan fingerprint density at radius 3 is 1.82 bits per heavy atom. The van der Waals surface area contributed by atoms with Crippen LogP contribution in [-0.2, 0) is 19.1 Å². The van der Waals surface area contributed by atoms with E-state index in [2.05, 4.69) is 0 Å². The van der Waals surface area contributed by atoms with Crippen molar-refractivity contribution in [1.82, 2.24) is 9.80 Å². The molecule has 1 aromatic rings. The summed E-state index contributed by atoms with van der Waals surface area (Å²) in [5.41, 5.74) is 0.826. The monoisotopic (exact) mass is 390 g/mol. The van der Waals surface area contributed by atoms with Crippen LogP contribution in [0.5, 0.6) is 11.5 Å². The molecule has 0 saturated carbocycles. The van der Waals surface area contributed by atoms with Crippen LogP contribution in [0.1, 0.15) is 5.56 Å². The molecule has 0 atom stereocenters. The number of rotatable bonds is 5. The zero-order chi connectivity index (χ0) is 19.9. The number of nitrogens with zero attached hydrogens (tertiary/aromatic N) is 2. The molecule has 2 aliphatic rings. The summed E-state index contributed by atoms with van der Waals surface area (Å²) in [6.07, 6.45) is 1.62. The lowest BCUT2D eigenvalue weighted by molar-refractivity contribution is -0.138. The molecule has 0 radical (unpaired) electrons. The Balaban J connectivity index is 1.93. The third-order valence-electron chi connectivity index (χ3n) is 4.78. The lowest BCUT2D eigenvalue weighted by Gasteiger charge is -2.31. The molecule has 0 spiro atoms. The topological polar surface area (TPSA) is 77.5 Å². The van der Waals surface area contributed by atoms with Gasteiger partial charge in [0.1, 0.15) is 5.57 Å². The summed E-state index contributed by atoms with van der Waals surface area (Å²) >= 11 is 0. The fourth-order valence-electron chi connectivity index (χ4n) is 3.20. The molecule has 0 aliphatic carbocycles. The Kier molecular flexibility index (Phi) is 6.89. The summed E-state index contributed by atoms with van der Waals surface area (Å²) in [5.74, 6) is 0.553. The molecule has 2 heterocycles. The molecule has 2 saturated heterocycles. The van der Waals surface area contributed by atoms with E-state index < -0.39 is 0 Å². The van der Waals surface area contributed by atoms with Crippen molar-refractivity contribution in [2.24, 2.45) is 0 Å². The van der Waals surface area contributed by atoms with Gasteiger partial charge in [0.25, 0.3) is 11.8 Å². The third-order valence-corrected chi connectivity index (χ3v) is 4.78. The number of hydrogen-bond acceptors (Lipinski definition) is 6. The van der Waals surface area contributed by atoms with Gasteiger partial charge in [-0.05, 0) is 23.8 Å². The SMILES string of the molecule is COc1ccc(C=C(C(=O)N2CCOCC2)C(=O)N2CCOCC2)cc1OC. The first-order chi connectivity index (χ1) is 13.6. The molecule has 0 bridgehead atoms. The number of amides is 2. The largest absolute Gasteiger partial charge is 0.493 e. The lowest BCUT2D eigenvalue weighted by Crippen LogP contribution is -2.47. The van der Waals surface area contributed by atoms with Gasteiger partial charge >= 0.3 is 0 Å². The van der Waals surface area contributed by atoms with Crippen LogP contribution in [0.25, 0.3) is 6.08 Å². The Bertz CT molecular complexity index is 704. The molecule has 8 heteroatoms. The third kappa shape index (κ3) is 4.63. The fraction of sp³-hybridized carbons (Fsp3) is 0.500. The van der Waals surface area contributed by atoms with E-state index in [1.807, 2.05) is 0 Å².